The maximum absolute atomic E-state index is 11.2. The first-order valence-electron chi connectivity index (χ1n) is 4.15. The molecule has 1 aliphatic rings. The Morgan fingerprint density at radius 3 is 2.85 bits per heavy atom. The normalized spacial score (nSPS) is 27.8. The zero-order valence-corrected chi connectivity index (χ0v) is 8.38. The van der Waals surface area contributed by atoms with Crippen LogP contribution in [-0.4, -0.2) is 24.1 Å². The molecule has 1 amide bonds. The van der Waals surface area contributed by atoms with Crippen LogP contribution in [0, 0.1) is 0 Å². The lowest BCUT2D eigenvalue weighted by molar-refractivity contribution is 0.131. The summed E-state index contributed by atoms with van der Waals surface area (Å²) in [4.78, 5) is 12.8. The molecule has 3 nitrogen and oxygen atoms in total. The molecule has 1 aromatic rings. The number of nitrogens with zero attached hydrogens (tertiary/aromatic N) is 1. The Bertz CT molecular complexity index is 309. The quantitative estimate of drug-likeness (QED) is 0.691. The highest BCUT2D eigenvalue weighted by molar-refractivity contribution is 7.07. The van der Waals surface area contributed by atoms with Crippen LogP contribution in [0.2, 0.25) is 0 Å². The molecule has 13 heavy (non-hydrogen) atoms. The van der Waals surface area contributed by atoms with Gasteiger partial charge < -0.3 is 9.64 Å². The maximum atomic E-state index is 11.2. The fourth-order valence-corrected chi connectivity index (χ4v) is 2.13. The summed E-state index contributed by atoms with van der Waals surface area (Å²) in [7, 11) is 1.76. The third-order valence-corrected chi connectivity index (χ3v) is 3.14. The van der Waals surface area contributed by atoms with Crippen molar-refractivity contribution in [3.05, 3.63) is 22.4 Å². The number of cyclic esters (lactones) is 1. The average molecular weight is 197 g/mol. The van der Waals surface area contributed by atoms with Gasteiger partial charge in [-0.15, -0.1) is 0 Å². The minimum Gasteiger partial charge on any atom is -0.439 e. The number of likely N-dealkylation sites (N-methyl/N-ethyl adjacent to an activating group) is 1. The van der Waals surface area contributed by atoms with Crippen molar-refractivity contribution in [1.29, 1.82) is 0 Å². The van der Waals surface area contributed by atoms with E-state index < -0.39 is 0 Å². The van der Waals surface area contributed by atoms with Gasteiger partial charge in [-0.05, 0) is 23.8 Å². The van der Waals surface area contributed by atoms with Crippen molar-refractivity contribution >= 4 is 17.4 Å². The maximum Gasteiger partial charge on any atom is 0.410 e. The molecule has 0 unspecified atom stereocenters. The van der Waals surface area contributed by atoms with Crippen LogP contribution >= 0.6 is 11.3 Å². The summed E-state index contributed by atoms with van der Waals surface area (Å²) < 4.78 is 5.22. The second-order valence-corrected chi connectivity index (χ2v) is 3.99. The number of carbonyl (C=O) groups is 1. The molecule has 1 saturated heterocycles. The summed E-state index contributed by atoms with van der Waals surface area (Å²) >= 11 is 1.62. The van der Waals surface area contributed by atoms with E-state index in [4.69, 9.17) is 4.74 Å². The van der Waals surface area contributed by atoms with Crippen LogP contribution in [0.15, 0.2) is 16.8 Å². The van der Waals surface area contributed by atoms with Crippen molar-refractivity contribution < 1.29 is 9.53 Å². The summed E-state index contributed by atoms with van der Waals surface area (Å²) in [6, 6.07) is 2.13. The smallest absolute Gasteiger partial charge is 0.410 e. The SMILES string of the molecule is C[C@H]1[C@@H](c2ccsc2)OC(=O)N1C. The number of hydrogen-bond acceptors (Lipinski definition) is 3. The molecule has 0 N–H and O–H groups in total. The van der Waals surface area contributed by atoms with Crippen LogP contribution in [-0.2, 0) is 4.74 Å². The largest absolute Gasteiger partial charge is 0.439 e. The fourth-order valence-electron chi connectivity index (χ4n) is 1.44. The molecule has 1 fully saturated rings. The molecule has 4 heteroatoms. The molecule has 70 valence electrons. The van der Waals surface area contributed by atoms with Gasteiger partial charge in [-0.3, -0.25) is 0 Å². The monoisotopic (exact) mass is 197 g/mol. The number of hydrogen-bond donors (Lipinski definition) is 0. The van der Waals surface area contributed by atoms with Crippen LogP contribution in [0.1, 0.15) is 18.6 Å². The van der Waals surface area contributed by atoms with E-state index in [2.05, 4.69) is 0 Å². The van der Waals surface area contributed by atoms with Gasteiger partial charge in [0.2, 0.25) is 0 Å². The summed E-state index contributed by atoms with van der Waals surface area (Å²) in [6.45, 7) is 1.99. The van der Waals surface area contributed by atoms with E-state index in [9.17, 15) is 4.79 Å². The number of ether oxygens (including phenoxy) is 1. The topological polar surface area (TPSA) is 29.5 Å². The summed E-state index contributed by atoms with van der Waals surface area (Å²) in [6.07, 6.45) is -0.326. The second kappa shape index (κ2) is 3.03. The van der Waals surface area contributed by atoms with Gasteiger partial charge in [0, 0.05) is 12.6 Å². The van der Waals surface area contributed by atoms with Gasteiger partial charge in [0.1, 0.15) is 6.10 Å². The third kappa shape index (κ3) is 1.31. The predicted octanol–water partition coefficient (Wildman–Crippen LogP) is 2.26. The standard InChI is InChI=1S/C9H11NO2S/c1-6-8(7-3-4-13-5-7)12-9(11)10(6)2/h3-6,8H,1-2H3/t6-,8-/m0/s1. The van der Waals surface area contributed by atoms with Gasteiger partial charge in [-0.1, -0.05) is 0 Å². The van der Waals surface area contributed by atoms with Gasteiger partial charge >= 0.3 is 6.09 Å². The second-order valence-electron chi connectivity index (χ2n) is 3.21. The molecular weight excluding hydrogens is 186 g/mol. The lowest BCUT2D eigenvalue weighted by Gasteiger charge is -2.14. The number of rotatable bonds is 1. The van der Waals surface area contributed by atoms with Gasteiger partial charge in [-0.2, -0.15) is 11.3 Å². The highest BCUT2D eigenvalue weighted by Gasteiger charge is 2.37. The molecule has 2 heterocycles. The Labute approximate surface area is 80.9 Å². The first-order valence-corrected chi connectivity index (χ1v) is 5.10. The zero-order valence-electron chi connectivity index (χ0n) is 7.56. The van der Waals surface area contributed by atoms with E-state index >= 15 is 0 Å². The van der Waals surface area contributed by atoms with Crippen molar-refractivity contribution in [2.24, 2.45) is 0 Å². The van der Waals surface area contributed by atoms with Gasteiger partial charge in [0.25, 0.3) is 0 Å². The lowest BCUT2D eigenvalue weighted by Crippen LogP contribution is -2.27. The van der Waals surface area contributed by atoms with Gasteiger partial charge in [-0.25, -0.2) is 4.79 Å². The first-order chi connectivity index (χ1) is 6.20. The highest BCUT2D eigenvalue weighted by Crippen LogP contribution is 2.31. The molecule has 0 spiro atoms. The molecule has 0 bridgehead atoms. The molecule has 2 rings (SSSR count). The lowest BCUT2D eigenvalue weighted by atomic mass is 10.1. The molecular formula is C9H11NO2S. The van der Waals surface area contributed by atoms with E-state index in [1.807, 2.05) is 23.8 Å². The highest BCUT2D eigenvalue weighted by atomic mass is 32.1. The van der Waals surface area contributed by atoms with E-state index in [1.54, 1.807) is 23.3 Å². The van der Waals surface area contributed by atoms with Gasteiger partial charge in [0.05, 0.1) is 6.04 Å². The van der Waals surface area contributed by atoms with Crippen LogP contribution in [0.4, 0.5) is 4.79 Å². The van der Waals surface area contributed by atoms with E-state index in [-0.39, 0.29) is 18.2 Å². The van der Waals surface area contributed by atoms with Crippen molar-refractivity contribution in [2.75, 3.05) is 7.05 Å². The van der Waals surface area contributed by atoms with Crippen LogP contribution in [0.25, 0.3) is 0 Å². The van der Waals surface area contributed by atoms with Crippen molar-refractivity contribution in [1.82, 2.24) is 4.90 Å². The number of carbonyl (C=O) groups excluding carboxylic acids is 1. The Morgan fingerprint density at radius 1 is 1.62 bits per heavy atom. The Hall–Kier alpha value is -1.03. The van der Waals surface area contributed by atoms with Crippen molar-refractivity contribution in [2.45, 2.75) is 19.1 Å². The van der Waals surface area contributed by atoms with E-state index in [0.717, 1.165) is 5.56 Å². The Kier molecular flexibility index (Phi) is 2.00. The zero-order chi connectivity index (χ0) is 9.42. The molecule has 0 saturated carbocycles. The summed E-state index contributed by atoms with van der Waals surface area (Å²) in [5.74, 6) is 0. The number of thiophene rings is 1. The van der Waals surface area contributed by atoms with Crippen LogP contribution < -0.4 is 0 Å². The van der Waals surface area contributed by atoms with Crippen LogP contribution in [0.5, 0.6) is 0 Å². The Balaban J connectivity index is 2.23. The molecule has 0 radical (unpaired) electrons. The third-order valence-electron chi connectivity index (χ3n) is 2.44. The minimum absolute atomic E-state index is 0.0938. The fraction of sp³-hybridized carbons (Fsp3) is 0.444. The molecule has 2 atom stereocenters. The van der Waals surface area contributed by atoms with Crippen LogP contribution in [0.3, 0.4) is 0 Å². The average Bonchev–Trinajstić information content (AvgIpc) is 2.70. The summed E-state index contributed by atoms with van der Waals surface area (Å²) in [5.41, 5.74) is 1.09. The summed E-state index contributed by atoms with van der Waals surface area (Å²) in [5, 5.41) is 4.02. The molecule has 1 aromatic heterocycles. The van der Waals surface area contributed by atoms with E-state index in [0.29, 0.717) is 0 Å². The minimum atomic E-state index is -0.233. The predicted molar refractivity (Wildman–Crippen MR) is 50.8 cm³/mol. The molecule has 1 aliphatic heterocycles. The van der Waals surface area contributed by atoms with Crippen molar-refractivity contribution in [3.63, 3.8) is 0 Å². The molecule has 0 aromatic carbocycles. The van der Waals surface area contributed by atoms with E-state index in [1.165, 1.54) is 0 Å². The molecule has 0 aliphatic carbocycles. The first kappa shape index (κ1) is 8.56. The van der Waals surface area contributed by atoms with Gasteiger partial charge in [0.15, 0.2) is 0 Å². The van der Waals surface area contributed by atoms with Crippen molar-refractivity contribution in [3.8, 4) is 0 Å². The Morgan fingerprint density at radius 2 is 2.38 bits per heavy atom. The number of amides is 1.